The smallest absolute Gasteiger partial charge is 0.262 e. The van der Waals surface area contributed by atoms with Crippen molar-refractivity contribution in [2.75, 3.05) is 11.1 Å². The van der Waals surface area contributed by atoms with E-state index in [2.05, 4.69) is 10.3 Å². The van der Waals surface area contributed by atoms with Crippen molar-refractivity contribution < 1.29 is 13.6 Å². The van der Waals surface area contributed by atoms with Crippen molar-refractivity contribution in [3.63, 3.8) is 0 Å². The lowest BCUT2D eigenvalue weighted by Gasteiger charge is -2.12. The van der Waals surface area contributed by atoms with Crippen molar-refractivity contribution in [2.45, 2.75) is 11.7 Å². The van der Waals surface area contributed by atoms with E-state index < -0.39 is 11.7 Å². The highest BCUT2D eigenvalue weighted by Crippen LogP contribution is 2.24. The molecular weight excluding hydrogens is 429 g/mol. The van der Waals surface area contributed by atoms with Gasteiger partial charge in [-0.25, -0.2) is 9.37 Å². The molecule has 4 aromatic rings. The summed E-state index contributed by atoms with van der Waals surface area (Å²) in [4.78, 5) is 29.9. The third-order valence-electron chi connectivity index (χ3n) is 4.26. The van der Waals surface area contributed by atoms with Crippen LogP contribution in [0.3, 0.4) is 0 Å². The minimum atomic E-state index is -0.508. The number of anilines is 1. The molecule has 0 bridgehead atoms. The largest absolute Gasteiger partial charge is 0.467 e. The molecule has 1 N–H and O–H groups in total. The van der Waals surface area contributed by atoms with Crippen molar-refractivity contribution >= 4 is 45.9 Å². The maximum Gasteiger partial charge on any atom is 0.262 e. The van der Waals surface area contributed by atoms with Gasteiger partial charge in [0.05, 0.1) is 40.2 Å². The molecule has 0 aliphatic rings. The fourth-order valence-electron chi connectivity index (χ4n) is 2.87. The first-order chi connectivity index (χ1) is 14.5. The van der Waals surface area contributed by atoms with Gasteiger partial charge in [-0.15, -0.1) is 0 Å². The molecule has 152 valence electrons. The topological polar surface area (TPSA) is 77.1 Å². The van der Waals surface area contributed by atoms with Gasteiger partial charge < -0.3 is 9.73 Å². The highest BCUT2D eigenvalue weighted by Gasteiger charge is 2.15. The first-order valence-corrected chi connectivity index (χ1v) is 10.3. The molecular formula is C21H15ClFN3O3S. The van der Waals surface area contributed by atoms with Crippen LogP contribution in [0.5, 0.6) is 0 Å². The number of furan rings is 1. The van der Waals surface area contributed by atoms with E-state index in [9.17, 15) is 14.0 Å². The average molecular weight is 444 g/mol. The quantitative estimate of drug-likeness (QED) is 0.349. The molecule has 0 saturated carbocycles. The molecule has 2 heterocycles. The highest BCUT2D eigenvalue weighted by atomic mass is 35.5. The van der Waals surface area contributed by atoms with Gasteiger partial charge in [0.15, 0.2) is 5.16 Å². The number of para-hydroxylation sites is 1. The second kappa shape index (κ2) is 8.73. The minimum Gasteiger partial charge on any atom is -0.467 e. The van der Waals surface area contributed by atoms with E-state index in [0.29, 0.717) is 21.8 Å². The molecule has 6 nitrogen and oxygen atoms in total. The van der Waals surface area contributed by atoms with Crippen molar-refractivity contribution in [2.24, 2.45) is 0 Å². The third kappa shape index (κ3) is 4.39. The summed E-state index contributed by atoms with van der Waals surface area (Å²) in [5.74, 6) is -0.368. The molecule has 0 aliphatic carbocycles. The lowest BCUT2D eigenvalue weighted by molar-refractivity contribution is -0.113. The molecule has 0 saturated heterocycles. The number of thioether (sulfide) groups is 1. The number of nitrogens with zero attached hydrogens (tertiary/aromatic N) is 2. The maximum atomic E-state index is 13.4. The van der Waals surface area contributed by atoms with Gasteiger partial charge in [0, 0.05) is 0 Å². The number of hydrogen-bond acceptors (Lipinski definition) is 5. The SMILES string of the molecule is O=C(CSc1nc2ccccc2c(=O)n1Cc1ccco1)Nc1cc(F)ccc1Cl. The van der Waals surface area contributed by atoms with Crippen LogP contribution in [0.1, 0.15) is 5.76 Å². The molecule has 4 rings (SSSR count). The number of hydrogen-bond donors (Lipinski definition) is 1. The summed E-state index contributed by atoms with van der Waals surface area (Å²) in [5.41, 5.74) is 0.490. The number of rotatable bonds is 6. The predicted octanol–water partition coefficient (Wildman–Crippen LogP) is 4.56. The summed E-state index contributed by atoms with van der Waals surface area (Å²) in [6.07, 6.45) is 1.53. The zero-order valence-corrected chi connectivity index (χ0v) is 17.0. The number of carbonyl (C=O) groups excluding carboxylic acids is 1. The van der Waals surface area contributed by atoms with Gasteiger partial charge in [0.25, 0.3) is 5.56 Å². The Morgan fingerprint density at radius 1 is 1.20 bits per heavy atom. The molecule has 2 aromatic heterocycles. The zero-order valence-electron chi connectivity index (χ0n) is 15.5. The van der Waals surface area contributed by atoms with Crippen LogP contribution in [0.25, 0.3) is 10.9 Å². The normalized spacial score (nSPS) is 11.0. The van der Waals surface area contributed by atoms with Gasteiger partial charge in [-0.2, -0.15) is 0 Å². The van der Waals surface area contributed by atoms with E-state index in [1.807, 2.05) is 0 Å². The third-order valence-corrected chi connectivity index (χ3v) is 5.56. The Hall–Kier alpha value is -3.10. The summed E-state index contributed by atoms with van der Waals surface area (Å²) in [6.45, 7) is 0.184. The predicted molar refractivity (Wildman–Crippen MR) is 115 cm³/mol. The first kappa shape index (κ1) is 20.2. The number of nitrogens with one attached hydrogen (secondary N) is 1. The van der Waals surface area contributed by atoms with Crippen LogP contribution in [0.2, 0.25) is 5.02 Å². The average Bonchev–Trinajstić information content (AvgIpc) is 3.25. The van der Waals surface area contributed by atoms with Crippen molar-refractivity contribution in [3.8, 4) is 0 Å². The van der Waals surface area contributed by atoms with Crippen LogP contribution in [0, 0.1) is 5.82 Å². The lowest BCUT2D eigenvalue weighted by Crippen LogP contribution is -2.24. The Morgan fingerprint density at radius 2 is 2.03 bits per heavy atom. The molecule has 0 aliphatic heterocycles. The molecule has 0 fully saturated rings. The molecule has 0 unspecified atom stereocenters. The summed E-state index contributed by atoms with van der Waals surface area (Å²) >= 11 is 7.09. The summed E-state index contributed by atoms with van der Waals surface area (Å²) in [7, 11) is 0. The van der Waals surface area contributed by atoms with Crippen LogP contribution in [-0.2, 0) is 11.3 Å². The number of benzene rings is 2. The Morgan fingerprint density at radius 3 is 2.83 bits per heavy atom. The monoisotopic (exact) mass is 443 g/mol. The summed E-state index contributed by atoms with van der Waals surface area (Å²) < 4.78 is 20.2. The second-order valence-corrected chi connectivity index (χ2v) is 7.69. The highest BCUT2D eigenvalue weighted by molar-refractivity contribution is 7.99. The first-order valence-electron chi connectivity index (χ1n) is 8.91. The van der Waals surface area contributed by atoms with Crippen molar-refractivity contribution in [1.29, 1.82) is 0 Å². The number of carbonyl (C=O) groups is 1. The number of halogens is 2. The molecule has 1 amide bonds. The molecule has 30 heavy (non-hydrogen) atoms. The Bertz CT molecular complexity index is 1270. The van der Waals surface area contributed by atoms with Gasteiger partial charge in [0.1, 0.15) is 11.6 Å². The molecule has 0 atom stereocenters. The summed E-state index contributed by atoms with van der Waals surface area (Å²) in [6, 6.07) is 14.2. The van der Waals surface area contributed by atoms with Crippen LogP contribution in [0.4, 0.5) is 10.1 Å². The van der Waals surface area contributed by atoms with Crippen LogP contribution in [0.15, 0.2) is 75.2 Å². The van der Waals surface area contributed by atoms with Gasteiger partial charge >= 0.3 is 0 Å². The minimum absolute atomic E-state index is 0.0459. The van der Waals surface area contributed by atoms with Gasteiger partial charge in [-0.05, 0) is 42.5 Å². The van der Waals surface area contributed by atoms with Crippen LogP contribution in [-0.4, -0.2) is 21.2 Å². The Kier molecular flexibility index (Phi) is 5.87. The Labute approximate surface area is 179 Å². The number of amides is 1. The van der Waals surface area contributed by atoms with Gasteiger partial charge in [0.2, 0.25) is 5.91 Å². The summed E-state index contributed by atoms with van der Waals surface area (Å²) in [5, 5.41) is 3.65. The van der Waals surface area contributed by atoms with Crippen molar-refractivity contribution in [3.05, 3.63) is 87.8 Å². The van der Waals surface area contributed by atoms with E-state index in [0.717, 1.165) is 17.8 Å². The number of aromatic nitrogens is 2. The lowest BCUT2D eigenvalue weighted by atomic mass is 10.2. The Balaban J connectivity index is 1.60. The van der Waals surface area contributed by atoms with E-state index in [1.165, 1.54) is 23.0 Å². The van der Waals surface area contributed by atoms with Gasteiger partial charge in [-0.1, -0.05) is 35.5 Å². The molecule has 2 aromatic carbocycles. The van der Waals surface area contributed by atoms with E-state index in [1.54, 1.807) is 36.4 Å². The maximum absolute atomic E-state index is 13.4. The molecule has 0 spiro atoms. The van der Waals surface area contributed by atoms with E-state index >= 15 is 0 Å². The fourth-order valence-corrected chi connectivity index (χ4v) is 3.83. The van der Waals surface area contributed by atoms with Crippen molar-refractivity contribution in [1.82, 2.24) is 9.55 Å². The number of fused-ring (bicyclic) bond motifs is 1. The molecule has 9 heteroatoms. The van der Waals surface area contributed by atoms with Crippen LogP contribution >= 0.6 is 23.4 Å². The van der Waals surface area contributed by atoms with Gasteiger partial charge in [-0.3, -0.25) is 14.2 Å². The second-order valence-electron chi connectivity index (χ2n) is 6.34. The zero-order chi connectivity index (χ0) is 21.1. The standard InChI is InChI=1S/C21H15ClFN3O3S/c22-16-8-7-13(23)10-18(16)24-19(27)12-30-21-25-17-6-2-1-5-15(17)20(28)26(21)11-14-4-3-9-29-14/h1-10H,11-12H2,(H,24,27). The molecule has 0 radical (unpaired) electrons. The van der Waals surface area contributed by atoms with Crippen LogP contribution < -0.4 is 10.9 Å². The van der Waals surface area contributed by atoms with E-state index in [4.69, 9.17) is 16.0 Å². The fraction of sp³-hybridized carbons (Fsp3) is 0.0952. The van der Waals surface area contributed by atoms with E-state index in [-0.39, 0.29) is 28.6 Å².